The average Bonchev–Trinajstić information content (AvgIpc) is 2.44. The van der Waals surface area contributed by atoms with Gasteiger partial charge in [-0.15, -0.1) is 0 Å². The molecule has 0 aliphatic carbocycles. The summed E-state index contributed by atoms with van der Waals surface area (Å²) in [7, 11) is 0. The molecule has 0 radical (unpaired) electrons. The Balaban J connectivity index is 2.15. The first kappa shape index (κ1) is 9.97. The maximum Gasteiger partial charge on any atom is 0.224 e. The van der Waals surface area contributed by atoms with Crippen molar-refractivity contribution < 1.29 is 4.79 Å². The molecule has 2 rings (SSSR count). The van der Waals surface area contributed by atoms with E-state index in [-0.39, 0.29) is 5.91 Å². The van der Waals surface area contributed by atoms with E-state index in [1.807, 2.05) is 30.3 Å². The zero-order valence-electron chi connectivity index (χ0n) is 8.70. The Kier molecular flexibility index (Phi) is 3.18. The summed E-state index contributed by atoms with van der Waals surface area (Å²) in [6.45, 7) is 0. The SMILES string of the molecule is O=C1CCCC/C(=C\c2ccccc2)N1. The Morgan fingerprint density at radius 1 is 1.07 bits per heavy atom. The fraction of sp³-hybridized carbons (Fsp3) is 0.308. The molecule has 1 saturated heterocycles. The third-order valence-corrected chi connectivity index (χ3v) is 2.54. The Bertz CT molecular complexity index is 367. The average molecular weight is 201 g/mol. The normalized spacial score (nSPS) is 19.7. The van der Waals surface area contributed by atoms with E-state index in [1.54, 1.807) is 0 Å². The van der Waals surface area contributed by atoms with Crippen molar-refractivity contribution in [3.8, 4) is 0 Å². The molecule has 0 aromatic heterocycles. The highest BCUT2D eigenvalue weighted by Crippen LogP contribution is 2.15. The Hall–Kier alpha value is -1.57. The largest absolute Gasteiger partial charge is 0.330 e. The molecule has 1 aromatic rings. The van der Waals surface area contributed by atoms with Crippen molar-refractivity contribution in [3.63, 3.8) is 0 Å². The van der Waals surface area contributed by atoms with Crippen LogP contribution in [-0.2, 0) is 4.79 Å². The summed E-state index contributed by atoms with van der Waals surface area (Å²) in [6.07, 6.45) is 5.78. The molecule has 0 saturated carbocycles. The van der Waals surface area contributed by atoms with Gasteiger partial charge >= 0.3 is 0 Å². The van der Waals surface area contributed by atoms with Gasteiger partial charge in [0.15, 0.2) is 0 Å². The molecular formula is C13H15NO. The van der Waals surface area contributed by atoms with Gasteiger partial charge in [-0.2, -0.15) is 0 Å². The van der Waals surface area contributed by atoms with Crippen LogP contribution in [0, 0.1) is 0 Å². The molecule has 1 N–H and O–H groups in total. The van der Waals surface area contributed by atoms with Crippen molar-refractivity contribution in [2.75, 3.05) is 0 Å². The van der Waals surface area contributed by atoms with Gasteiger partial charge in [0.05, 0.1) is 0 Å². The number of allylic oxidation sites excluding steroid dienone is 1. The standard InChI is InChI=1S/C13H15NO/c15-13-9-5-4-8-12(14-13)10-11-6-2-1-3-7-11/h1-3,6-7,10H,4-5,8-9H2,(H,14,15)/b12-10+. The summed E-state index contributed by atoms with van der Waals surface area (Å²) in [6, 6.07) is 10.1. The topological polar surface area (TPSA) is 29.1 Å². The predicted octanol–water partition coefficient (Wildman–Crippen LogP) is 2.72. The number of hydrogen-bond acceptors (Lipinski definition) is 1. The van der Waals surface area contributed by atoms with Gasteiger partial charge in [0.25, 0.3) is 0 Å². The number of nitrogens with one attached hydrogen (secondary N) is 1. The van der Waals surface area contributed by atoms with Crippen LogP contribution in [0.1, 0.15) is 31.2 Å². The maximum atomic E-state index is 11.3. The molecule has 0 atom stereocenters. The van der Waals surface area contributed by atoms with Crippen LogP contribution < -0.4 is 5.32 Å². The van der Waals surface area contributed by atoms with Gasteiger partial charge in [0.2, 0.25) is 5.91 Å². The minimum atomic E-state index is 0.148. The summed E-state index contributed by atoms with van der Waals surface area (Å²) in [5.41, 5.74) is 2.19. The first-order chi connectivity index (χ1) is 7.34. The number of carbonyl (C=O) groups is 1. The zero-order chi connectivity index (χ0) is 10.5. The molecule has 1 aliphatic rings. The van der Waals surface area contributed by atoms with Crippen molar-refractivity contribution in [2.24, 2.45) is 0 Å². The van der Waals surface area contributed by atoms with Crippen LogP contribution in [-0.4, -0.2) is 5.91 Å². The Morgan fingerprint density at radius 2 is 1.80 bits per heavy atom. The van der Waals surface area contributed by atoms with Crippen LogP contribution >= 0.6 is 0 Å². The van der Waals surface area contributed by atoms with Gasteiger partial charge in [-0.05, 0) is 30.9 Å². The molecule has 0 unspecified atom stereocenters. The molecule has 0 spiro atoms. The zero-order valence-corrected chi connectivity index (χ0v) is 8.70. The Morgan fingerprint density at radius 3 is 2.60 bits per heavy atom. The predicted molar refractivity (Wildman–Crippen MR) is 61.0 cm³/mol. The molecule has 2 heteroatoms. The molecule has 15 heavy (non-hydrogen) atoms. The summed E-state index contributed by atoms with van der Waals surface area (Å²) in [4.78, 5) is 11.3. The molecule has 1 heterocycles. The van der Waals surface area contributed by atoms with Crippen LogP contribution in [0.4, 0.5) is 0 Å². The van der Waals surface area contributed by atoms with Gasteiger partial charge in [-0.3, -0.25) is 4.79 Å². The van der Waals surface area contributed by atoms with E-state index >= 15 is 0 Å². The molecule has 1 aliphatic heterocycles. The van der Waals surface area contributed by atoms with Gasteiger partial charge in [0, 0.05) is 12.1 Å². The van der Waals surface area contributed by atoms with E-state index in [9.17, 15) is 4.79 Å². The molecule has 0 bridgehead atoms. The van der Waals surface area contributed by atoms with Crippen molar-refractivity contribution >= 4 is 12.0 Å². The lowest BCUT2D eigenvalue weighted by molar-refractivity contribution is -0.120. The summed E-state index contributed by atoms with van der Waals surface area (Å²) >= 11 is 0. The monoisotopic (exact) mass is 201 g/mol. The number of rotatable bonds is 1. The molecule has 1 aromatic carbocycles. The van der Waals surface area contributed by atoms with Gasteiger partial charge in [-0.25, -0.2) is 0 Å². The molecule has 1 fully saturated rings. The van der Waals surface area contributed by atoms with Crippen molar-refractivity contribution in [2.45, 2.75) is 25.7 Å². The highest BCUT2D eigenvalue weighted by atomic mass is 16.1. The second kappa shape index (κ2) is 4.78. The summed E-state index contributed by atoms with van der Waals surface area (Å²) < 4.78 is 0. The fourth-order valence-electron chi connectivity index (χ4n) is 1.76. The first-order valence-electron chi connectivity index (χ1n) is 5.40. The van der Waals surface area contributed by atoms with Crippen LogP contribution in [0.25, 0.3) is 6.08 Å². The van der Waals surface area contributed by atoms with E-state index in [0.29, 0.717) is 6.42 Å². The lowest BCUT2D eigenvalue weighted by atomic mass is 10.1. The highest BCUT2D eigenvalue weighted by molar-refractivity contribution is 5.79. The van der Waals surface area contributed by atoms with Crippen molar-refractivity contribution in [1.29, 1.82) is 0 Å². The minimum Gasteiger partial charge on any atom is -0.330 e. The lowest BCUT2D eigenvalue weighted by Crippen LogP contribution is -2.19. The van der Waals surface area contributed by atoms with E-state index in [4.69, 9.17) is 0 Å². The highest BCUT2D eigenvalue weighted by Gasteiger charge is 2.09. The lowest BCUT2D eigenvalue weighted by Gasteiger charge is -2.04. The Labute approximate surface area is 90.0 Å². The third-order valence-electron chi connectivity index (χ3n) is 2.54. The van der Waals surface area contributed by atoms with E-state index < -0.39 is 0 Å². The van der Waals surface area contributed by atoms with E-state index in [0.717, 1.165) is 30.5 Å². The van der Waals surface area contributed by atoms with Gasteiger partial charge in [0.1, 0.15) is 0 Å². The van der Waals surface area contributed by atoms with E-state index in [2.05, 4.69) is 11.4 Å². The smallest absolute Gasteiger partial charge is 0.224 e. The van der Waals surface area contributed by atoms with Crippen LogP contribution in [0.3, 0.4) is 0 Å². The summed E-state index contributed by atoms with van der Waals surface area (Å²) in [5.74, 6) is 0.148. The van der Waals surface area contributed by atoms with Crippen molar-refractivity contribution in [3.05, 3.63) is 41.6 Å². The second-order valence-corrected chi connectivity index (χ2v) is 3.84. The third kappa shape index (κ3) is 2.94. The van der Waals surface area contributed by atoms with Gasteiger partial charge < -0.3 is 5.32 Å². The quantitative estimate of drug-likeness (QED) is 0.743. The molecule has 1 amide bonds. The number of benzene rings is 1. The fourth-order valence-corrected chi connectivity index (χ4v) is 1.76. The first-order valence-corrected chi connectivity index (χ1v) is 5.40. The van der Waals surface area contributed by atoms with Crippen LogP contribution in [0.15, 0.2) is 36.0 Å². The van der Waals surface area contributed by atoms with Gasteiger partial charge in [-0.1, -0.05) is 30.3 Å². The van der Waals surface area contributed by atoms with E-state index in [1.165, 1.54) is 0 Å². The van der Waals surface area contributed by atoms with Crippen LogP contribution in [0.2, 0.25) is 0 Å². The molecule has 2 nitrogen and oxygen atoms in total. The minimum absolute atomic E-state index is 0.148. The number of amides is 1. The number of hydrogen-bond donors (Lipinski definition) is 1. The molecule has 78 valence electrons. The second-order valence-electron chi connectivity index (χ2n) is 3.84. The summed E-state index contributed by atoms with van der Waals surface area (Å²) in [5, 5.41) is 2.95. The number of carbonyl (C=O) groups excluding carboxylic acids is 1. The van der Waals surface area contributed by atoms with Crippen molar-refractivity contribution in [1.82, 2.24) is 5.32 Å². The maximum absolute atomic E-state index is 11.3. The van der Waals surface area contributed by atoms with Crippen LogP contribution in [0.5, 0.6) is 0 Å². The molecular weight excluding hydrogens is 186 g/mol.